The average Bonchev–Trinajstić information content (AvgIpc) is 2.50. The van der Waals surface area contributed by atoms with Crippen molar-refractivity contribution in [2.75, 3.05) is 4.90 Å². The van der Waals surface area contributed by atoms with Crippen LogP contribution in [-0.2, 0) is 12.8 Å². The lowest BCUT2D eigenvalue weighted by atomic mass is 9.96. The van der Waals surface area contributed by atoms with E-state index in [1.807, 2.05) is 0 Å². The van der Waals surface area contributed by atoms with E-state index in [9.17, 15) is 0 Å². The number of halogens is 1. The second-order valence-electron chi connectivity index (χ2n) is 5.60. The SMILES string of the molecule is CCCc1c(Cl)ncnc1N1c2ccccc2CCC1C. The maximum atomic E-state index is 6.32. The standard InChI is InChI=1S/C17H20ClN3/c1-3-6-14-16(18)19-11-20-17(14)21-12(2)9-10-13-7-4-5-8-15(13)21/h4-5,7-8,11-12H,3,6,9-10H2,1-2H3. The minimum atomic E-state index is 0.418. The molecular formula is C17H20ClN3. The van der Waals surface area contributed by atoms with Gasteiger partial charge >= 0.3 is 0 Å². The molecule has 0 saturated heterocycles. The van der Waals surface area contributed by atoms with Crippen LogP contribution in [0.5, 0.6) is 0 Å². The first-order valence-electron chi connectivity index (χ1n) is 7.59. The quantitative estimate of drug-likeness (QED) is 0.779. The van der Waals surface area contributed by atoms with E-state index in [1.165, 1.54) is 11.3 Å². The molecule has 0 spiro atoms. The van der Waals surface area contributed by atoms with E-state index in [1.54, 1.807) is 6.33 Å². The molecule has 21 heavy (non-hydrogen) atoms. The molecule has 2 heterocycles. The normalized spacial score (nSPS) is 17.7. The first kappa shape index (κ1) is 14.3. The molecule has 3 nitrogen and oxygen atoms in total. The van der Waals surface area contributed by atoms with Gasteiger partial charge in [-0.25, -0.2) is 9.97 Å². The molecule has 0 N–H and O–H groups in total. The van der Waals surface area contributed by atoms with Gasteiger partial charge in [0.15, 0.2) is 0 Å². The fourth-order valence-corrected chi connectivity index (χ4v) is 3.29. The van der Waals surface area contributed by atoms with Crippen LogP contribution in [0.4, 0.5) is 11.5 Å². The van der Waals surface area contributed by atoms with Gasteiger partial charge in [-0.15, -0.1) is 0 Å². The summed E-state index contributed by atoms with van der Waals surface area (Å²) in [5, 5.41) is 0.581. The van der Waals surface area contributed by atoms with Crippen molar-refractivity contribution < 1.29 is 0 Å². The van der Waals surface area contributed by atoms with E-state index >= 15 is 0 Å². The maximum Gasteiger partial charge on any atom is 0.141 e. The number of nitrogens with zero attached hydrogens (tertiary/aromatic N) is 3. The summed E-state index contributed by atoms with van der Waals surface area (Å²) in [5.41, 5.74) is 3.70. The Kier molecular flexibility index (Phi) is 4.11. The van der Waals surface area contributed by atoms with E-state index in [0.717, 1.165) is 37.1 Å². The van der Waals surface area contributed by atoms with Gasteiger partial charge in [0, 0.05) is 17.3 Å². The van der Waals surface area contributed by atoms with Gasteiger partial charge < -0.3 is 4.90 Å². The van der Waals surface area contributed by atoms with Crippen molar-refractivity contribution in [3.63, 3.8) is 0 Å². The van der Waals surface area contributed by atoms with Crippen LogP contribution in [0.2, 0.25) is 5.15 Å². The van der Waals surface area contributed by atoms with Crippen molar-refractivity contribution in [2.24, 2.45) is 0 Å². The summed E-state index contributed by atoms with van der Waals surface area (Å²) in [7, 11) is 0. The Hall–Kier alpha value is -1.61. The third-order valence-electron chi connectivity index (χ3n) is 4.12. The van der Waals surface area contributed by atoms with E-state index in [0.29, 0.717) is 11.2 Å². The summed E-state index contributed by atoms with van der Waals surface area (Å²) in [6.45, 7) is 4.41. The second-order valence-corrected chi connectivity index (χ2v) is 5.96. The molecule has 1 atom stereocenters. The number of aromatic nitrogens is 2. The fraction of sp³-hybridized carbons (Fsp3) is 0.412. The zero-order chi connectivity index (χ0) is 14.8. The van der Waals surface area contributed by atoms with E-state index < -0.39 is 0 Å². The highest BCUT2D eigenvalue weighted by Gasteiger charge is 2.27. The number of benzene rings is 1. The van der Waals surface area contributed by atoms with Crippen molar-refractivity contribution in [1.82, 2.24) is 9.97 Å². The van der Waals surface area contributed by atoms with Gasteiger partial charge in [0.1, 0.15) is 17.3 Å². The predicted molar refractivity (Wildman–Crippen MR) is 87.4 cm³/mol. The van der Waals surface area contributed by atoms with Crippen molar-refractivity contribution in [2.45, 2.75) is 45.6 Å². The first-order valence-corrected chi connectivity index (χ1v) is 7.96. The Labute approximate surface area is 131 Å². The Bertz CT molecular complexity index is 642. The predicted octanol–water partition coefficient (Wildman–Crippen LogP) is 4.56. The van der Waals surface area contributed by atoms with Crippen LogP contribution < -0.4 is 4.90 Å². The van der Waals surface area contributed by atoms with Gasteiger partial charge in [-0.3, -0.25) is 0 Å². The highest BCUT2D eigenvalue weighted by Crippen LogP contribution is 2.38. The topological polar surface area (TPSA) is 29.0 Å². The molecule has 1 aliphatic rings. The van der Waals surface area contributed by atoms with Crippen molar-refractivity contribution in [3.05, 3.63) is 46.9 Å². The molecule has 4 heteroatoms. The number of para-hydroxylation sites is 1. The number of fused-ring (bicyclic) bond motifs is 1. The maximum absolute atomic E-state index is 6.32. The van der Waals surface area contributed by atoms with Crippen LogP contribution in [-0.4, -0.2) is 16.0 Å². The third-order valence-corrected chi connectivity index (χ3v) is 4.45. The van der Waals surface area contributed by atoms with Gasteiger partial charge in [0.25, 0.3) is 0 Å². The van der Waals surface area contributed by atoms with Crippen LogP contribution >= 0.6 is 11.6 Å². The molecule has 0 amide bonds. The molecule has 3 rings (SSSR count). The number of hydrogen-bond acceptors (Lipinski definition) is 3. The van der Waals surface area contributed by atoms with Crippen LogP contribution in [0.25, 0.3) is 0 Å². The highest BCUT2D eigenvalue weighted by molar-refractivity contribution is 6.30. The smallest absolute Gasteiger partial charge is 0.141 e. The Balaban J connectivity index is 2.14. The number of hydrogen-bond donors (Lipinski definition) is 0. The third kappa shape index (κ3) is 2.62. The number of aryl methyl sites for hydroxylation is 1. The molecule has 1 aromatic carbocycles. The molecule has 2 aromatic rings. The minimum absolute atomic E-state index is 0.418. The lowest BCUT2D eigenvalue weighted by molar-refractivity contribution is 0.610. The summed E-state index contributed by atoms with van der Waals surface area (Å²) in [5.74, 6) is 0.969. The van der Waals surface area contributed by atoms with Gasteiger partial charge in [0.05, 0.1) is 0 Å². The summed E-state index contributed by atoms with van der Waals surface area (Å²) >= 11 is 6.32. The summed E-state index contributed by atoms with van der Waals surface area (Å²) in [6, 6.07) is 8.99. The Morgan fingerprint density at radius 2 is 2.10 bits per heavy atom. The average molecular weight is 302 g/mol. The zero-order valence-electron chi connectivity index (χ0n) is 12.5. The van der Waals surface area contributed by atoms with E-state index in [4.69, 9.17) is 11.6 Å². The van der Waals surface area contributed by atoms with Gasteiger partial charge in [-0.1, -0.05) is 43.1 Å². The summed E-state index contributed by atoms with van der Waals surface area (Å²) in [6.07, 6.45) is 5.76. The molecular weight excluding hydrogens is 282 g/mol. The lowest BCUT2D eigenvalue weighted by Crippen LogP contribution is -2.34. The molecule has 110 valence electrons. The van der Waals surface area contributed by atoms with Crippen molar-refractivity contribution in [3.8, 4) is 0 Å². The monoisotopic (exact) mass is 301 g/mol. The molecule has 1 unspecified atom stereocenters. The minimum Gasteiger partial charge on any atom is -0.323 e. The molecule has 1 aromatic heterocycles. The zero-order valence-corrected chi connectivity index (χ0v) is 13.3. The molecule has 1 aliphatic heterocycles. The Morgan fingerprint density at radius 3 is 2.90 bits per heavy atom. The van der Waals surface area contributed by atoms with Crippen LogP contribution in [0.3, 0.4) is 0 Å². The van der Waals surface area contributed by atoms with Gasteiger partial charge in [0.2, 0.25) is 0 Å². The second kappa shape index (κ2) is 6.02. The number of rotatable bonds is 3. The van der Waals surface area contributed by atoms with E-state index in [2.05, 4.69) is 53.0 Å². The van der Waals surface area contributed by atoms with E-state index in [-0.39, 0.29) is 0 Å². The molecule has 0 fully saturated rings. The Morgan fingerprint density at radius 1 is 1.29 bits per heavy atom. The van der Waals surface area contributed by atoms with Crippen LogP contribution in [0, 0.1) is 0 Å². The van der Waals surface area contributed by atoms with Gasteiger partial charge in [-0.2, -0.15) is 0 Å². The highest BCUT2D eigenvalue weighted by atomic mass is 35.5. The van der Waals surface area contributed by atoms with Crippen LogP contribution in [0.15, 0.2) is 30.6 Å². The largest absolute Gasteiger partial charge is 0.323 e. The first-order chi connectivity index (χ1) is 10.2. The lowest BCUT2D eigenvalue weighted by Gasteiger charge is -2.37. The fourth-order valence-electron chi connectivity index (χ4n) is 3.07. The summed E-state index contributed by atoms with van der Waals surface area (Å²) < 4.78 is 0. The molecule has 0 bridgehead atoms. The molecule has 0 aliphatic carbocycles. The number of anilines is 2. The van der Waals surface area contributed by atoms with Crippen molar-refractivity contribution >= 4 is 23.1 Å². The summed E-state index contributed by atoms with van der Waals surface area (Å²) in [4.78, 5) is 11.1. The van der Waals surface area contributed by atoms with Crippen molar-refractivity contribution in [1.29, 1.82) is 0 Å². The van der Waals surface area contributed by atoms with Gasteiger partial charge in [-0.05, 0) is 37.8 Å². The van der Waals surface area contributed by atoms with Crippen LogP contribution in [0.1, 0.15) is 37.8 Å². The molecule has 0 radical (unpaired) electrons. The molecule has 0 saturated carbocycles.